The van der Waals surface area contributed by atoms with Crippen molar-refractivity contribution in [2.45, 2.75) is 32.4 Å². The Morgan fingerprint density at radius 2 is 1.72 bits per heavy atom. The fourth-order valence-electron chi connectivity index (χ4n) is 3.14. The average Bonchev–Trinajstić information content (AvgIpc) is 3.21. The van der Waals surface area contributed by atoms with Gasteiger partial charge in [0.1, 0.15) is 0 Å². The first-order valence-electron chi connectivity index (χ1n) is 8.44. The Morgan fingerprint density at radius 1 is 0.960 bits per heavy atom. The van der Waals surface area contributed by atoms with E-state index in [9.17, 15) is 8.42 Å². The maximum Gasteiger partial charge on any atom is 0.282 e. The van der Waals surface area contributed by atoms with E-state index < -0.39 is 10.2 Å². The number of nitrogens with zero attached hydrogens (tertiary/aromatic N) is 3. The van der Waals surface area contributed by atoms with E-state index in [1.165, 1.54) is 11.3 Å². The lowest BCUT2D eigenvalue weighted by Gasteiger charge is -2.29. The molecule has 0 radical (unpaired) electrons. The zero-order valence-electron chi connectivity index (χ0n) is 13.8. The molecule has 1 aromatic carbocycles. The van der Waals surface area contributed by atoms with Crippen molar-refractivity contribution in [3.8, 4) is 11.8 Å². The quantitative estimate of drug-likeness (QED) is 0.761. The predicted octanol–water partition coefficient (Wildman–Crippen LogP) is 2.59. The van der Waals surface area contributed by atoms with E-state index in [4.69, 9.17) is 0 Å². The van der Waals surface area contributed by atoms with Gasteiger partial charge in [-0.2, -0.15) is 17.0 Å². The lowest BCUT2D eigenvalue weighted by atomic mass is 10.2. The molecule has 2 aromatic rings. The second kappa shape index (κ2) is 6.89. The average molecular weight is 374 g/mol. The predicted molar refractivity (Wildman–Crippen MR) is 98.1 cm³/mol. The van der Waals surface area contributed by atoms with Crippen molar-refractivity contribution < 1.29 is 8.42 Å². The normalized spacial score (nSPS) is 18.6. The molecule has 0 bridgehead atoms. The molecule has 1 aromatic heterocycles. The fraction of sp³-hybridized carbons (Fsp3) is 0.389. The zero-order valence-corrected chi connectivity index (χ0v) is 15.4. The molecule has 1 fully saturated rings. The Morgan fingerprint density at radius 3 is 2.44 bits per heavy atom. The third-order valence-electron chi connectivity index (χ3n) is 4.48. The fourth-order valence-corrected chi connectivity index (χ4v) is 5.78. The van der Waals surface area contributed by atoms with Crippen LogP contribution in [0.1, 0.15) is 40.4 Å². The van der Waals surface area contributed by atoms with Crippen molar-refractivity contribution >= 4 is 21.5 Å². The van der Waals surface area contributed by atoms with E-state index >= 15 is 0 Å². The number of hydrogen-bond acceptors (Lipinski definition) is 4. The van der Waals surface area contributed by atoms with Crippen molar-refractivity contribution in [1.29, 1.82) is 0 Å². The van der Waals surface area contributed by atoms with Crippen LogP contribution < -0.4 is 0 Å². The number of fused-ring (bicyclic) bond motifs is 1. The summed E-state index contributed by atoms with van der Waals surface area (Å²) in [5.74, 6) is 6.19. The molecule has 0 aliphatic carbocycles. The molecule has 130 valence electrons. The summed E-state index contributed by atoms with van der Waals surface area (Å²) in [5.41, 5.74) is 1.80. The van der Waals surface area contributed by atoms with Crippen molar-refractivity contribution in [2.24, 2.45) is 0 Å². The van der Waals surface area contributed by atoms with Crippen LogP contribution in [-0.4, -0.2) is 35.1 Å². The van der Waals surface area contributed by atoms with Gasteiger partial charge in [-0.15, -0.1) is 11.3 Å². The Bertz CT molecular complexity index is 897. The summed E-state index contributed by atoms with van der Waals surface area (Å²) >= 11 is 1.50. The van der Waals surface area contributed by atoms with Gasteiger partial charge in [-0.25, -0.2) is 4.98 Å². The van der Waals surface area contributed by atoms with Crippen LogP contribution in [0.2, 0.25) is 0 Å². The minimum atomic E-state index is -3.37. The van der Waals surface area contributed by atoms with E-state index in [0.29, 0.717) is 26.2 Å². The van der Waals surface area contributed by atoms with Gasteiger partial charge in [-0.05, 0) is 30.9 Å². The van der Waals surface area contributed by atoms with E-state index in [1.807, 2.05) is 30.3 Å². The van der Waals surface area contributed by atoms with E-state index in [1.54, 1.807) is 8.61 Å². The Hall–Kier alpha value is -1.72. The van der Waals surface area contributed by atoms with E-state index in [0.717, 1.165) is 40.4 Å². The van der Waals surface area contributed by atoms with Gasteiger partial charge in [0.15, 0.2) is 5.01 Å². The molecule has 0 atom stereocenters. The second-order valence-corrected chi connectivity index (χ2v) is 9.25. The van der Waals surface area contributed by atoms with Gasteiger partial charge in [0.05, 0.1) is 18.8 Å². The summed E-state index contributed by atoms with van der Waals surface area (Å²) in [5, 5.41) is 0.754. The largest absolute Gasteiger partial charge is 0.282 e. The first kappa shape index (κ1) is 16.7. The lowest BCUT2D eigenvalue weighted by Crippen LogP contribution is -2.43. The number of thiazole rings is 1. The Labute approximate surface area is 152 Å². The van der Waals surface area contributed by atoms with E-state index in [-0.39, 0.29) is 0 Å². The standard InChI is InChI=1S/C18H19N3O2S2/c22-25(23,20-11-5-2-6-12-20)21-13-16-17(14-21)24-18(19-16)10-9-15-7-3-1-4-8-15/h1,3-4,7-8H,2,5-6,11-14H2. The molecule has 25 heavy (non-hydrogen) atoms. The summed E-state index contributed by atoms with van der Waals surface area (Å²) in [6.45, 7) is 2.04. The minimum absolute atomic E-state index is 0.359. The van der Waals surface area contributed by atoms with Crippen LogP contribution in [0.5, 0.6) is 0 Å². The smallest absolute Gasteiger partial charge is 0.231 e. The molecule has 0 unspecified atom stereocenters. The lowest BCUT2D eigenvalue weighted by molar-refractivity contribution is 0.304. The van der Waals surface area contributed by atoms with Gasteiger partial charge in [0.25, 0.3) is 10.2 Å². The summed E-state index contributed by atoms with van der Waals surface area (Å²) < 4.78 is 28.7. The van der Waals surface area contributed by atoms with Crippen LogP contribution in [0.3, 0.4) is 0 Å². The molecule has 7 heteroatoms. The molecule has 1 saturated heterocycles. The maximum absolute atomic E-state index is 12.8. The third kappa shape index (κ3) is 3.48. The van der Waals surface area contributed by atoms with Gasteiger partial charge >= 0.3 is 0 Å². The number of piperidine rings is 1. The van der Waals surface area contributed by atoms with Crippen LogP contribution in [0, 0.1) is 11.8 Å². The van der Waals surface area contributed by atoms with Crippen LogP contribution >= 0.6 is 11.3 Å². The zero-order chi connectivity index (χ0) is 17.3. The molecule has 0 saturated carbocycles. The highest BCUT2D eigenvalue weighted by atomic mass is 32.2. The van der Waals surface area contributed by atoms with Crippen LogP contribution in [0.4, 0.5) is 0 Å². The Balaban J connectivity index is 1.48. The highest BCUT2D eigenvalue weighted by molar-refractivity contribution is 7.86. The maximum atomic E-state index is 12.8. The molecule has 3 heterocycles. The van der Waals surface area contributed by atoms with Crippen molar-refractivity contribution in [3.05, 3.63) is 51.5 Å². The van der Waals surface area contributed by atoms with Gasteiger partial charge < -0.3 is 0 Å². The summed E-state index contributed by atoms with van der Waals surface area (Å²) in [7, 11) is -3.37. The van der Waals surface area contributed by atoms with Crippen LogP contribution in [0.25, 0.3) is 0 Å². The number of aromatic nitrogens is 1. The van der Waals surface area contributed by atoms with Gasteiger partial charge in [0, 0.05) is 23.5 Å². The number of rotatable bonds is 2. The molecular weight excluding hydrogens is 354 g/mol. The molecule has 0 amide bonds. The molecular formula is C18H19N3O2S2. The van der Waals surface area contributed by atoms with E-state index in [2.05, 4.69) is 16.8 Å². The van der Waals surface area contributed by atoms with Gasteiger partial charge in [-0.1, -0.05) is 30.5 Å². The summed E-state index contributed by atoms with van der Waals surface area (Å²) in [6.07, 6.45) is 3.02. The SMILES string of the molecule is O=S(=O)(N1CCCCC1)N1Cc2nc(C#Cc3ccccc3)sc2C1. The van der Waals surface area contributed by atoms with Crippen molar-refractivity contribution in [3.63, 3.8) is 0 Å². The number of benzene rings is 1. The molecule has 2 aliphatic rings. The van der Waals surface area contributed by atoms with Crippen LogP contribution in [0.15, 0.2) is 30.3 Å². The summed E-state index contributed by atoms with van der Waals surface area (Å²) in [6, 6.07) is 9.79. The van der Waals surface area contributed by atoms with Gasteiger partial charge in [-0.3, -0.25) is 0 Å². The molecule has 0 N–H and O–H groups in total. The second-order valence-electron chi connectivity index (χ2n) is 6.24. The summed E-state index contributed by atoms with van der Waals surface area (Å²) in [4.78, 5) is 5.55. The monoisotopic (exact) mass is 373 g/mol. The van der Waals surface area contributed by atoms with Gasteiger partial charge in [0.2, 0.25) is 0 Å². The van der Waals surface area contributed by atoms with Crippen molar-refractivity contribution in [1.82, 2.24) is 13.6 Å². The first-order valence-corrected chi connectivity index (χ1v) is 10.7. The Kier molecular flexibility index (Phi) is 4.61. The molecule has 0 spiro atoms. The topological polar surface area (TPSA) is 53.5 Å². The molecule has 5 nitrogen and oxygen atoms in total. The number of hydrogen-bond donors (Lipinski definition) is 0. The highest BCUT2D eigenvalue weighted by Crippen LogP contribution is 2.31. The molecule has 2 aliphatic heterocycles. The first-order chi connectivity index (χ1) is 12.1. The minimum Gasteiger partial charge on any atom is -0.231 e. The third-order valence-corrected chi connectivity index (χ3v) is 7.41. The van der Waals surface area contributed by atoms with Crippen LogP contribution in [-0.2, 0) is 23.3 Å². The van der Waals surface area contributed by atoms with Crippen molar-refractivity contribution in [2.75, 3.05) is 13.1 Å². The molecule has 4 rings (SSSR count). The highest BCUT2D eigenvalue weighted by Gasteiger charge is 2.36.